The fourth-order valence-corrected chi connectivity index (χ4v) is 4.14. The van der Waals surface area contributed by atoms with Gasteiger partial charge in [-0.05, 0) is 76.3 Å². The number of aryl methyl sites for hydroxylation is 2. The lowest BCUT2D eigenvalue weighted by molar-refractivity contribution is 1.04. The van der Waals surface area contributed by atoms with Crippen LogP contribution in [0.2, 0.25) is 0 Å². The lowest BCUT2D eigenvalue weighted by Gasteiger charge is -2.19. The molecule has 0 unspecified atom stereocenters. The summed E-state index contributed by atoms with van der Waals surface area (Å²) in [6.07, 6.45) is 4.26. The lowest BCUT2D eigenvalue weighted by Crippen LogP contribution is -1.99. The third-order valence-electron chi connectivity index (χ3n) is 5.43. The minimum Gasteiger partial charge on any atom is -0.0614 e. The van der Waals surface area contributed by atoms with Crippen molar-refractivity contribution in [2.45, 2.75) is 53.4 Å². The molecule has 0 atom stereocenters. The van der Waals surface area contributed by atoms with Crippen LogP contribution in [0, 0.1) is 6.07 Å². The van der Waals surface area contributed by atoms with Crippen molar-refractivity contribution in [1.29, 1.82) is 0 Å². The lowest BCUT2D eigenvalue weighted by atomic mass is 9.85. The van der Waals surface area contributed by atoms with Crippen LogP contribution in [0.5, 0.6) is 0 Å². The summed E-state index contributed by atoms with van der Waals surface area (Å²) in [6.45, 7) is 9.01. The molecule has 0 heterocycles. The zero-order valence-corrected chi connectivity index (χ0v) is 16.5. The Hall–Kier alpha value is -2.34. The number of hydrogen-bond donors (Lipinski definition) is 0. The summed E-state index contributed by atoms with van der Waals surface area (Å²) in [5, 5.41) is 0. The van der Waals surface area contributed by atoms with Gasteiger partial charge in [0.15, 0.2) is 0 Å². The van der Waals surface area contributed by atoms with Crippen LogP contribution in [0.4, 0.5) is 0 Å². The molecule has 3 aromatic carbocycles. The molecule has 0 nitrogen and oxygen atoms in total. The average molecular weight is 342 g/mol. The Bertz CT molecular complexity index is 812. The maximum Gasteiger partial charge on any atom is -0.00236 e. The third-order valence-corrected chi connectivity index (χ3v) is 5.43. The molecule has 1 radical (unpaired) electrons. The van der Waals surface area contributed by atoms with Crippen molar-refractivity contribution in [3.8, 4) is 22.3 Å². The van der Waals surface area contributed by atoms with E-state index in [1.54, 1.807) is 0 Å². The summed E-state index contributed by atoms with van der Waals surface area (Å²) in [6, 6.07) is 23.5. The fraction of sp³-hybridized carbons (Fsp3) is 0.308. The zero-order valence-electron chi connectivity index (χ0n) is 16.5. The highest BCUT2D eigenvalue weighted by Crippen LogP contribution is 2.37. The average Bonchev–Trinajstić information content (AvgIpc) is 2.72. The van der Waals surface area contributed by atoms with Gasteiger partial charge in [0.25, 0.3) is 0 Å². The van der Waals surface area contributed by atoms with Crippen LogP contribution >= 0.6 is 0 Å². The van der Waals surface area contributed by atoms with E-state index in [4.69, 9.17) is 0 Å². The standard InChI is InChI=1S/C26H29/c1-5-19-13-11-17-23(21(19)7-3)25-15-9-10-16-26(25)24-18-12-14-20(6-2)22(24)8-4/h9-15,17-18H,5-8H2,1-4H3. The summed E-state index contributed by atoms with van der Waals surface area (Å²) in [5.41, 5.74) is 11.1. The van der Waals surface area contributed by atoms with Crippen LogP contribution in [0.3, 0.4) is 0 Å². The van der Waals surface area contributed by atoms with Gasteiger partial charge < -0.3 is 0 Å². The quantitative estimate of drug-likeness (QED) is 0.450. The van der Waals surface area contributed by atoms with Gasteiger partial charge in [0.2, 0.25) is 0 Å². The van der Waals surface area contributed by atoms with Crippen LogP contribution in [-0.2, 0) is 25.7 Å². The summed E-state index contributed by atoms with van der Waals surface area (Å²) in [5.74, 6) is 0. The van der Waals surface area contributed by atoms with Gasteiger partial charge in [-0.2, -0.15) is 0 Å². The first-order valence-corrected chi connectivity index (χ1v) is 9.97. The molecule has 0 aliphatic carbocycles. The van der Waals surface area contributed by atoms with Crippen molar-refractivity contribution in [2.24, 2.45) is 0 Å². The van der Waals surface area contributed by atoms with Gasteiger partial charge in [-0.15, -0.1) is 0 Å². The van der Waals surface area contributed by atoms with E-state index in [0.29, 0.717) is 0 Å². The van der Waals surface area contributed by atoms with E-state index in [0.717, 1.165) is 25.7 Å². The molecular weight excluding hydrogens is 312 g/mol. The van der Waals surface area contributed by atoms with E-state index >= 15 is 0 Å². The molecule has 3 rings (SSSR count). The predicted octanol–water partition coefficient (Wildman–Crippen LogP) is 7.07. The zero-order chi connectivity index (χ0) is 18.5. The van der Waals surface area contributed by atoms with Crippen LogP contribution in [0.1, 0.15) is 49.9 Å². The van der Waals surface area contributed by atoms with E-state index in [1.165, 1.54) is 44.5 Å². The SMILES string of the molecule is CCc1cccc(-c2[c]cccc2-c2cccc(CC)c2CC)c1CC. The smallest absolute Gasteiger partial charge is 0.00236 e. The third kappa shape index (κ3) is 3.33. The highest BCUT2D eigenvalue weighted by Gasteiger charge is 2.15. The van der Waals surface area contributed by atoms with E-state index in [-0.39, 0.29) is 0 Å². The minimum absolute atomic E-state index is 1.05. The van der Waals surface area contributed by atoms with E-state index in [9.17, 15) is 0 Å². The van der Waals surface area contributed by atoms with Crippen molar-refractivity contribution in [2.75, 3.05) is 0 Å². The van der Waals surface area contributed by atoms with Crippen LogP contribution in [-0.4, -0.2) is 0 Å². The molecule has 0 aliphatic heterocycles. The Balaban J connectivity index is 2.27. The van der Waals surface area contributed by atoms with Gasteiger partial charge in [-0.3, -0.25) is 0 Å². The molecule has 0 N–H and O–H groups in total. The van der Waals surface area contributed by atoms with Gasteiger partial charge in [0, 0.05) is 0 Å². The Kier molecular flexibility index (Phi) is 5.93. The molecule has 0 aliphatic rings. The largest absolute Gasteiger partial charge is 0.0614 e. The first-order chi connectivity index (χ1) is 12.7. The molecule has 0 spiro atoms. The highest BCUT2D eigenvalue weighted by molar-refractivity contribution is 5.86. The molecule has 133 valence electrons. The van der Waals surface area contributed by atoms with Gasteiger partial charge in [-0.25, -0.2) is 0 Å². The summed E-state index contributed by atoms with van der Waals surface area (Å²) in [4.78, 5) is 0. The predicted molar refractivity (Wildman–Crippen MR) is 114 cm³/mol. The van der Waals surface area contributed by atoms with Crippen molar-refractivity contribution in [1.82, 2.24) is 0 Å². The van der Waals surface area contributed by atoms with E-state index < -0.39 is 0 Å². The maximum atomic E-state index is 3.57. The molecule has 0 aromatic heterocycles. The second-order valence-electron chi connectivity index (χ2n) is 6.76. The van der Waals surface area contributed by atoms with Crippen LogP contribution < -0.4 is 0 Å². The van der Waals surface area contributed by atoms with Gasteiger partial charge in [0.1, 0.15) is 0 Å². The van der Waals surface area contributed by atoms with Crippen molar-refractivity contribution in [3.05, 3.63) is 82.9 Å². The minimum atomic E-state index is 1.05. The number of hydrogen-bond acceptors (Lipinski definition) is 0. The Morgan fingerprint density at radius 2 is 1.12 bits per heavy atom. The van der Waals surface area contributed by atoms with E-state index in [2.05, 4.69) is 82.3 Å². The summed E-state index contributed by atoms with van der Waals surface area (Å²) in [7, 11) is 0. The second kappa shape index (κ2) is 8.36. The molecule has 3 aromatic rings. The van der Waals surface area contributed by atoms with Gasteiger partial charge >= 0.3 is 0 Å². The topological polar surface area (TPSA) is 0 Å². The molecule has 0 saturated heterocycles. The molecule has 0 bridgehead atoms. The van der Waals surface area contributed by atoms with Gasteiger partial charge in [0.05, 0.1) is 0 Å². The number of benzene rings is 3. The van der Waals surface area contributed by atoms with Crippen molar-refractivity contribution >= 4 is 0 Å². The summed E-state index contributed by atoms with van der Waals surface area (Å²) < 4.78 is 0. The van der Waals surface area contributed by atoms with E-state index in [1.807, 2.05) is 6.07 Å². The first kappa shape index (κ1) is 18.5. The first-order valence-electron chi connectivity index (χ1n) is 9.97. The Labute approximate surface area is 158 Å². The normalized spacial score (nSPS) is 10.9. The Morgan fingerprint density at radius 1 is 0.577 bits per heavy atom. The van der Waals surface area contributed by atoms with Crippen LogP contribution in [0.15, 0.2) is 54.6 Å². The fourth-order valence-electron chi connectivity index (χ4n) is 4.14. The number of rotatable bonds is 6. The molecule has 0 amide bonds. The van der Waals surface area contributed by atoms with Gasteiger partial charge in [-0.1, -0.05) is 82.3 Å². The molecule has 0 heteroatoms. The molecule has 0 fully saturated rings. The molecular formula is C26H29. The Morgan fingerprint density at radius 3 is 1.69 bits per heavy atom. The summed E-state index contributed by atoms with van der Waals surface area (Å²) >= 11 is 0. The second-order valence-corrected chi connectivity index (χ2v) is 6.76. The van der Waals surface area contributed by atoms with Crippen molar-refractivity contribution in [3.63, 3.8) is 0 Å². The molecule has 0 saturated carbocycles. The van der Waals surface area contributed by atoms with Crippen LogP contribution in [0.25, 0.3) is 22.3 Å². The monoisotopic (exact) mass is 341 g/mol. The molecule has 26 heavy (non-hydrogen) atoms. The highest BCUT2D eigenvalue weighted by atomic mass is 14.2. The van der Waals surface area contributed by atoms with Crippen molar-refractivity contribution < 1.29 is 0 Å². The maximum absolute atomic E-state index is 3.57.